The Morgan fingerprint density at radius 3 is 2.42 bits per heavy atom. The average Bonchev–Trinajstić information content (AvgIpc) is 3.13. The van der Waals surface area contributed by atoms with Gasteiger partial charge < -0.3 is 0 Å². The number of hydroxylamine groups is 1. The molecule has 2 aliphatic rings. The second kappa shape index (κ2) is 6.74. The lowest BCUT2D eigenvalue weighted by atomic mass is 9.93. The van der Waals surface area contributed by atoms with Gasteiger partial charge in [0.15, 0.2) is 6.10 Å². The number of anilines is 2. The van der Waals surface area contributed by atoms with E-state index in [1.165, 1.54) is 4.90 Å². The van der Waals surface area contributed by atoms with Gasteiger partial charge >= 0.3 is 0 Å². The lowest BCUT2D eigenvalue weighted by Gasteiger charge is -2.28. The van der Waals surface area contributed by atoms with E-state index in [0.29, 0.717) is 10.7 Å². The smallest absolute Gasteiger partial charge is 0.266 e. The molecule has 0 aliphatic carbocycles. The van der Waals surface area contributed by atoms with Crippen molar-refractivity contribution in [1.29, 1.82) is 0 Å². The molecule has 4 rings (SSSR count). The fourth-order valence-corrected chi connectivity index (χ4v) is 3.97. The summed E-state index contributed by atoms with van der Waals surface area (Å²) in [6.45, 7) is 2.06. The molecule has 3 atom stereocenters. The zero-order chi connectivity index (χ0) is 18.3. The number of para-hydroxylation sites is 1. The maximum Gasteiger partial charge on any atom is 0.266 e. The Morgan fingerprint density at radius 2 is 1.73 bits per heavy atom. The molecule has 0 radical (unpaired) electrons. The van der Waals surface area contributed by atoms with Crippen molar-refractivity contribution in [2.45, 2.75) is 31.9 Å². The molecular formula is C20H19ClN2O3. The minimum atomic E-state index is -0.793. The Kier molecular flexibility index (Phi) is 4.42. The minimum absolute atomic E-state index is 0.173. The molecule has 2 amide bonds. The molecule has 26 heavy (non-hydrogen) atoms. The highest BCUT2D eigenvalue weighted by molar-refractivity contribution is 6.31. The summed E-state index contributed by atoms with van der Waals surface area (Å²) in [7, 11) is 0. The van der Waals surface area contributed by atoms with Crippen LogP contribution >= 0.6 is 11.6 Å². The quantitative estimate of drug-likeness (QED) is 0.768. The van der Waals surface area contributed by atoms with Crippen molar-refractivity contribution in [2.24, 2.45) is 5.92 Å². The second-order valence-corrected chi connectivity index (χ2v) is 7.00. The van der Waals surface area contributed by atoms with Crippen LogP contribution in [0.2, 0.25) is 5.02 Å². The summed E-state index contributed by atoms with van der Waals surface area (Å²) in [5.41, 5.74) is 1.35. The summed E-state index contributed by atoms with van der Waals surface area (Å²) in [6.07, 6.45) is 0.857. The molecule has 0 spiro atoms. The van der Waals surface area contributed by atoms with Gasteiger partial charge in [0, 0.05) is 5.02 Å². The van der Waals surface area contributed by atoms with E-state index in [-0.39, 0.29) is 17.9 Å². The highest BCUT2D eigenvalue weighted by Crippen LogP contribution is 2.41. The molecule has 2 fully saturated rings. The van der Waals surface area contributed by atoms with Gasteiger partial charge in [-0.15, -0.1) is 0 Å². The molecule has 2 aliphatic heterocycles. The van der Waals surface area contributed by atoms with E-state index < -0.39 is 12.0 Å². The van der Waals surface area contributed by atoms with E-state index >= 15 is 0 Å². The molecule has 2 aromatic carbocycles. The van der Waals surface area contributed by atoms with Gasteiger partial charge in [0.25, 0.3) is 5.91 Å². The number of benzene rings is 2. The number of fused-ring (bicyclic) bond motifs is 1. The predicted molar refractivity (Wildman–Crippen MR) is 99.9 cm³/mol. The maximum atomic E-state index is 13.1. The van der Waals surface area contributed by atoms with Crippen molar-refractivity contribution in [3.8, 4) is 0 Å². The van der Waals surface area contributed by atoms with Gasteiger partial charge in [0.2, 0.25) is 5.91 Å². The zero-order valence-electron chi connectivity index (χ0n) is 14.3. The van der Waals surface area contributed by atoms with Crippen LogP contribution in [-0.4, -0.2) is 24.0 Å². The summed E-state index contributed by atoms with van der Waals surface area (Å²) in [4.78, 5) is 33.3. The summed E-state index contributed by atoms with van der Waals surface area (Å²) in [5.74, 6) is -1.07. The summed E-state index contributed by atoms with van der Waals surface area (Å²) in [6, 6.07) is 16.2. The Labute approximate surface area is 157 Å². The third-order valence-electron chi connectivity index (χ3n) is 4.90. The van der Waals surface area contributed by atoms with Crippen molar-refractivity contribution in [3.63, 3.8) is 0 Å². The minimum Gasteiger partial charge on any atom is -0.273 e. The van der Waals surface area contributed by atoms with Crippen LogP contribution in [0.15, 0.2) is 54.6 Å². The first kappa shape index (κ1) is 17.1. The molecule has 2 aromatic rings. The van der Waals surface area contributed by atoms with Gasteiger partial charge in [-0.1, -0.05) is 49.2 Å². The largest absolute Gasteiger partial charge is 0.273 e. The predicted octanol–water partition coefficient (Wildman–Crippen LogP) is 3.82. The Hall–Kier alpha value is -2.37. The monoisotopic (exact) mass is 370 g/mol. The number of hydrogen-bond donors (Lipinski definition) is 0. The lowest BCUT2D eigenvalue weighted by Crippen LogP contribution is -2.40. The molecule has 6 heteroatoms. The van der Waals surface area contributed by atoms with Crippen LogP contribution < -0.4 is 9.96 Å². The maximum absolute atomic E-state index is 13.1. The van der Waals surface area contributed by atoms with Crippen molar-refractivity contribution in [2.75, 3.05) is 9.96 Å². The van der Waals surface area contributed by atoms with E-state index in [2.05, 4.69) is 6.92 Å². The first-order valence-corrected chi connectivity index (χ1v) is 9.14. The SMILES string of the molecule is CCC[C@@H]1[C@H]2C(=O)N(c3cccc(Cl)c3)C(=O)[C@@H]2ON1c1ccccc1. The van der Waals surface area contributed by atoms with Crippen LogP contribution in [0.4, 0.5) is 11.4 Å². The summed E-state index contributed by atoms with van der Waals surface area (Å²) < 4.78 is 0. The van der Waals surface area contributed by atoms with Crippen molar-refractivity contribution >= 4 is 34.8 Å². The summed E-state index contributed by atoms with van der Waals surface area (Å²) >= 11 is 6.03. The van der Waals surface area contributed by atoms with E-state index in [4.69, 9.17) is 16.4 Å². The van der Waals surface area contributed by atoms with Gasteiger partial charge in [-0.25, -0.2) is 9.96 Å². The topological polar surface area (TPSA) is 49.9 Å². The highest BCUT2D eigenvalue weighted by Gasteiger charge is 2.59. The molecule has 0 unspecified atom stereocenters. The van der Waals surface area contributed by atoms with Crippen LogP contribution in [0, 0.1) is 5.92 Å². The van der Waals surface area contributed by atoms with Crippen molar-refractivity contribution < 1.29 is 14.4 Å². The number of hydrogen-bond acceptors (Lipinski definition) is 4. The van der Waals surface area contributed by atoms with Crippen molar-refractivity contribution in [3.05, 3.63) is 59.6 Å². The average molecular weight is 371 g/mol. The number of imide groups is 1. The zero-order valence-corrected chi connectivity index (χ0v) is 15.1. The van der Waals surface area contributed by atoms with Gasteiger partial charge in [0.1, 0.15) is 0 Å². The molecule has 5 nitrogen and oxygen atoms in total. The number of carbonyl (C=O) groups excluding carboxylic acids is 2. The molecule has 2 saturated heterocycles. The Balaban J connectivity index is 1.69. The Morgan fingerprint density at radius 1 is 1.00 bits per heavy atom. The van der Waals surface area contributed by atoms with Gasteiger partial charge in [-0.05, 0) is 36.8 Å². The normalized spacial score (nSPS) is 25.1. The van der Waals surface area contributed by atoms with Gasteiger partial charge in [-0.3, -0.25) is 14.4 Å². The molecule has 0 bridgehead atoms. The van der Waals surface area contributed by atoms with Crippen molar-refractivity contribution in [1.82, 2.24) is 0 Å². The summed E-state index contributed by atoms with van der Waals surface area (Å²) in [5, 5.41) is 2.22. The third-order valence-corrected chi connectivity index (χ3v) is 5.13. The molecule has 0 saturated carbocycles. The molecule has 0 aromatic heterocycles. The Bertz CT molecular complexity index is 842. The third kappa shape index (κ3) is 2.68. The van der Waals surface area contributed by atoms with Crippen LogP contribution in [0.3, 0.4) is 0 Å². The molecule has 0 N–H and O–H groups in total. The first-order valence-electron chi connectivity index (χ1n) is 8.76. The van der Waals surface area contributed by atoms with Gasteiger partial charge in [0.05, 0.1) is 23.3 Å². The standard InChI is InChI=1S/C20H19ClN2O3/c1-2-7-16-17-18(26-23(16)14-9-4-3-5-10-14)20(25)22(19(17)24)15-11-6-8-13(21)12-15/h3-6,8-12,16-18H,2,7H2,1H3/t16-,17-,18-/m1/s1. The number of halogens is 1. The fourth-order valence-electron chi connectivity index (χ4n) is 3.78. The second-order valence-electron chi connectivity index (χ2n) is 6.56. The van der Waals surface area contributed by atoms with Crippen LogP contribution in [0.5, 0.6) is 0 Å². The number of nitrogens with zero attached hydrogens (tertiary/aromatic N) is 2. The number of carbonyl (C=O) groups is 2. The fraction of sp³-hybridized carbons (Fsp3) is 0.300. The number of rotatable bonds is 4. The highest BCUT2D eigenvalue weighted by atomic mass is 35.5. The van der Waals surface area contributed by atoms with Crippen LogP contribution in [-0.2, 0) is 14.4 Å². The van der Waals surface area contributed by atoms with Crippen LogP contribution in [0.25, 0.3) is 0 Å². The lowest BCUT2D eigenvalue weighted by molar-refractivity contribution is -0.126. The van der Waals surface area contributed by atoms with E-state index in [9.17, 15) is 9.59 Å². The number of amides is 2. The first-order chi connectivity index (χ1) is 12.6. The molecular weight excluding hydrogens is 352 g/mol. The van der Waals surface area contributed by atoms with Gasteiger partial charge in [-0.2, -0.15) is 0 Å². The van der Waals surface area contributed by atoms with Crippen LogP contribution in [0.1, 0.15) is 19.8 Å². The molecule has 134 valence electrons. The molecule has 2 heterocycles. The van der Waals surface area contributed by atoms with E-state index in [0.717, 1.165) is 18.5 Å². The van der Waals surface area contributed by atoms with E-state index in [1.54, 1.807) is 29.3 Å². The van der Waals surface area contributed by atoms with E-state index in [1.807, 2.05) is 30.3 Å².